The van der Waals surface area contributed by atoms with E-state index in [0.29, 0.717) is 25.2 Å². The van der Waals surface area contributed by atoms with Gasteiger partial charge in [0.25, 0.3) is 11.6 Å². The van der Waals surface area contributed by atoms with Crippen molar-refractivity contribution in [2.24, 2.45) is 17.3 Å². The van der Waals surface area contributed by atoms with Crippen molar-refractivity contribution in [3.05, 3.63) is 40.5 Å². The molecule has 0 amide bonds. The van der Waals surface area contributed by atoms with E-state index in [2.05, 4.69) is 24.9 Å². The van der Waals surface area contributed by atoms with Crippen LogP contribution in [0.2, 0.25) is 0 Å². The highest BCUT2D eigenvalue weighted by molar-refractivity contribution is 7.93. The maximum Gasteiger partial charge on any atom is 0.516 e. The van der Waals surface area contributed by atoms with E-state index in [1.807, 2.05) is 11.8 Å². The molecule has 168 valence electrons. The van der Waals surface area contributed by atoms with Crippen LogP contribution >= 0.6 is 0 Å². The van der Waals surface area contributed by atoms with Crippen LogP contribution in [-0.2, 0) is 23.5 Å². The van der Waals surface area contributed by atoms with Gasteiger partial charge in [0.1, 0.15) is 5.69 Å². The molecule has 0 saturated heterocycles. The Balaban J connectivity index is 2.12. The van der Waals surface area contributed by atoms with Gasteiger partial charge >= 0.3 is 21.5 Å². The fourth-order valence-electron chi connectivity index (χ4n) is 3.24. The van der Waals surface area contributed by atoms with Crippen molar-refractivity contribution in [2.45, 2.75) is 25.3 Å². The lowest BCUT2D eigenvalue weighted by molar-refractivity contribution is -0.0429. The number of rotatable bonds is 5. The third kappa shape index (κ3) is 4.22. The molecule has 0 aliphatic carbocycles. The number of sulfonamides is 1. The summed E-state index contributed by atoms with van der Waals surface area (Å²) >= 11 is 0. The van der Waals surface area contributed by atoms with Crippen molar-refractivity contribution in [3.63, 3.8) is 0 Å². The molecule has 3 rings (SSSR count). The molecule has 0 fully saturated rings. The van der Waals surface area contributed by atoms with Crippen LogP contribution in [0, 0.1) is 13.1 Å². The van der Waals surface area contributed by atoms with Gasteiger partial charge in [-0.05, 0) is 37.5 Å². The molecule has 10 nitrogen and oxygen atoms in total. The molecule has 1 aliphatic heterocycles. The topological polar surface area (TPSA) is 101 Å². The second-order valence-electron chi connectivity index (χ2n) is 6.77. The molecule has 2 heterocycles. The number of benzene rings is 1. The lowest BCUT2D eigenvalue weighted by atomic mass is 10.0. The summed E-state index contributed by atoms with van der Waals surface area (Å²) in [5.74, 6) is -0.394. The molecule has 0 atom stereocenters. The van der Waals surface area contributed by atoms with Crippen molar-refractivity contribution >= 4 is 44.7 Å². The fraction of sp³-hybridized carbons (Fsp3) is 0.389. The number of aromatic nitrogens is 2. The molecule has 0 saturated carbocycles. The van der Waals surface area contributed by atoms with Gasteiger partial charge in [0.15, 0.2) is 0 Å². The number of alkyl halides is 3. The molecule has 1 aliphatic rings. The van der Waals surface area contributed by atoms with E-state index in [-0.39, 0.29) is 23.3 Å². The molecule has 0 bridgehead atoms. The maximum absolute atomic E-state index is 13.0. The third-order valence-electron chi connectivity index (χ3n) is 4.83. The summed E-state index contributed by atoms with van der Waals surface area (Å²) in [5, 5.41) is 7.76. The first-order valence-electron chi connectivity index (χ1n) is 9.26. The summed E-state index contributed by atoms with van der Waals surface area (Å²) < 4.78 is 65.2. The number of halogens is 3. The third-order valence-corrected chi connectivity index (χ3v) is 5.92. The first-order valence-corrected chi connectivity index (χ1v) is 10.7. The van der Waals surface area contributed by atoms with Crippen LogP contribution in [-0.4, -0.2) is 36.6 Å². The number of anilines is 2. The van der Waals surface area contributed by atoms with Gasteiger partial charge in [-0.3, -0.25) is 4.72 Å². The van der Waals surface area contributed by atoms with Gasteiger partial charge in [-0.2, -0.15) is 21.6 Å². The Bertz CT molecular complexity index is 1270. The Kier molecular flexibility index (Phi) is 6.09. The number of nitrogens with one attached hydrogen (secondary N) is 1. The summed E-state index contributed by atoms with van der Waals surface area (Å²) in [6.45, 7) is 17.4. The van der Waals surface area contributed by atoms with E-state index in [1.54, 1.807) is 4.72 Å². The quantitative estimate of drug-likeness (QED) is 0.497. The highest BCUT2D eigenvalue weighted by Crippen LogP contribution is 2.40. The number of hydrogen-bond acceptors (Lipinski definition) is 6. The second kappa shape index (κ2) is 8.47. The molecule has 32 heavy (non-hydrogen) atoms. The smallest absolute Gasteiger partial charge is 0.373 e. The molecule has 1 N–H and O–H groups in total. The number of imidazole rings is 1. The fourth-order valence-corrected chi connectivity index (χ4v) is 3.81. The average molecular weight is 466 g/mol. The Morgan fingerprint density at radius 1 is 1.25 bits per heavy atom. The van der Waals surface area contributed by atoms with Gasteiger partial charge in [0.2, 0.25) is 0 Å². The molecule has 1 aromatic heterocycles. The minimum atomic E-state index is -5.70. The molecule has 0 radical (unpaired) electrons. The zero-order valence-electron chi connectivity index (χ0n) is 17.0. The van der Waals surface area contributed by atoms with Crippen LogP contribution in [0.25, 0.3) is 9.69 Å². The lowest BCUT2D eigenvalue weighted by Crippen LogP contribution is -2.31. The first-order chi connectivity index (χ1) is 15.0. The number of aryl methyl sites for hydroxylation is 1. The van der Waals surface area contributed by atoms with Crippen LogP contribution in [0.4, 0.5) is 47.8 Å². The Labute approximate surface area is 182 Å². The predicted molar refractivity (Wildman–Crippen MR) is 111 cm³/mol. The summed E-state index contributed by atoms with van der Waals surface area (Å²) in [6, 6.07) is 2.78. The molecular formula is C18H17F3N8O2S. The Hall–Kier alpha value is -3.65. The maximum atomic E-state index is 13.0. The van der Waals surface area contributed by atoms with Crippen molar-refractivity contribution in [1.82, 2.24) is 9.55 Å². The number of azo groups is 1. The summed E-state index contributed by atoms with van der Waals surface area (Å²) in [5.41, 5.74) is -4.66. The number of fused-ring (bicyclic) bond motifs is 1. The van der Waals surface area contributed by atoms with E-state index >= 15 is 0 Å². The van der Waals surface area contributed by atoms with E-state index in [1.165, 1.54) is 23.7 Å². The summed E-state index contributed by atoms with van der Waals surface area (Å²) in [4.78, 5) is 12.1. The van der Waals surface area contributed by atoms with Gasteiger partial charge in [0.05, 0.1) is 12.7 Å². The van der Waals surface area contributed by atoms with Crippen molar-refractivity contribution in [2.75, 3.05) is 22.7 Å². The van der Waals surface area contributed by atoms with Crippen LogP contribution in [0.5, 0.6) is 0 Å². The molecule has 14 heteroatoms. The molecule has 2 aromatic rings. The van der Waals surface area contributed by atoms with Crippen LogP contribution < -0.4 is 9.62 Å². The van der Waals surface area contributed by atoms with Crippen molar-refractivity contribution < 1.29 is 21.6 Å². The van der Waals surface area contributed by atoms with E-state index in [9.17, 15) is 21.6 Å². The standard InChI is InChI=1S/C18H17F3N8O2S/c1-5-29-8-6-7-11-9-12(13(10-14(11)29)27-32(30,31)18(19,20)21)25-26-17-24-15(22-2)16(23-3)28(17)4/h9-10,27H,5-8H2,1,4H3/b26-25+. The average Bonchev–Trinajstić information content (AvgIpc) is 3.05. The molecule has 0 spiro atoms. The minimum Gasteiger partial charge on any atom is -0.373 e. The Morgan fingerprint density at radius 2 is 1.97 bits per heavy atom. The molecule has 0 unspecified atom stereocenters. The van der Waals surface area contributed by atoms with E-state index < -0.39 is 21.2 Å². The zero-order valence-corrected chi connectivity index (χ0v) is 17.8. The van der Waals surface area contributed by atoms with Crippen LogP contribution in [0.1, 0.15) is 18.9 Å². The number of nitrogens with zero attached hydrogens (tertiary/aromatic N) is 7. The zero-order chi connectivity index (χ0) is 23.7. The van der Waals surface area contributed by atoms with E-state index in [4.69, 9.17) is 13.1 Å². The van der Waals surface area contributed by atoms with Crippen molar-refractivity contribution in [3.8, 4) is 0 Å². The summed E-state index contributed by atoms with van der Waals surface area (Å²) in [7, 11) is -4.26. The van der Waals surface area contributed by atoms with Gasteiger partial charge in [-0.15, -0.1) is 5.11 Å². The van der Waals surface area contributed by atoms with E-state index in [0.717, 1.165) is 12.0 Å². The largest absolute Gasteiger partial charge is 0.516 e. The second-order valence-corrected chi connectivity index (χ2v) is 8.45. The molecular weight excluding hydrogens is 449 g/mol. The van der Waals surface area contributed by atoms with Gasteiger partial charge in [-0.25, -0.2) is 4.57 Å². The first kappa shape index (κ1) is 23.0. The summed E-state index contributed by atoms with van der Waals surface area (Å²) in [6.07, 6.45) is 1.44. The molecule has 1 aromatic carbocycles. The monoisotopic (exact) mass is 466 g/mol. The lowest BCUT2D eigenvalue weighted by Gasteiger charge is -2.31. The Morgan fingerprint density at radius 3 is 2.53 bits per heavy atom. The van der Waals surface area contributed by atoms with Gasteiger partial charge in [-0.1, -0.05) is 23.2 Å². The van der Waals surface area contributed by atoms with Gasteiger partial charge < -0.3 is 14.6 Å². The minimum absolute atomic E-state index is 0.0732. The highest BCUT2D eigenvalue weighted by Gasteiger charge is 2.46. The van der Waals surface area contributed by atoms with Crippen molar-refractivity contribution in [1.29, 1.82) is 0 Å². The SMILES string of the molecule is [C-]#[N+]c1nc(/N=N/c2cc3c(cc2NS(=O)(=O)C(F)(F)F)N(CC)CCC3)n(C)c1[N+]#[C-]. The predicted octanol–water partition coefficient (Wildman–Crippen LogP) is 4.97. The van der Waals surface area contributed by atoms with Gasteiger partial charge in [0, 0.05) is 18.8 Å². The number of hydrogen-bond donors (Lipinski definition) is 1. The van der Waals surface area contributed by atoms with Crippen LogP contribution in [0.15, 0.2) is 22.4 Å². The van der Waals surface area contributed by atoms with Crippen LogP contribution in [0.3, 0.4) is 0 Å². The highest BCUT2D eigenvalue weighted by atomic mass is 32.2. The normalized spacial score (nSPS) is 14.2.